The summed E-state index contributed by atoms with van der Waals surface area (Å²) >= 11 is 0. The third kappa shape index (κ3) is 22.6. The second-order valence-electron chi connectivity index (χ2n) is 15.6. The summed E-state index contributed by atoms with van der Waals surface area (Å²) in [7, 11) is 0. The first kappa shape index (κ1) is 58.8. The number of carbonyl (C=O) groups is 5. The molecule has 0 saturated carbocycles. The number of nitrogens with zero attached hydrogens (tertiary/aromatic N) is 2. The van der Waals surface area contributed by atoms with E-state index >= 15 is 0 Å². The van der Waals surface area contributed by atoms with Crippen LogP contribution in [0.2, 0.25) is 0 Å². The van der Waals surface area contributed by atoms with Gasteiger partial charge in [0.25, 0.3) is 0 Å². The third-order valence-corrected chi connectivity index (χ3v) is 10.2. The van der Waals surface area contributed by atoms with Gasteiger partial charge in [0.15, 0.2) is 0 Å². The predicted molar refractivity (Wildman–Crippen MR) is 243 cm³/mol. The van der Waals surface area contributed by atoms with Crippen LogP contribution < -0.4 is 10.2 Å². The number of carbonyl (C=O) groups excluding carboxylic acids is 3. The number of aliphatic carboxylic acids is 2. The van der Waals surface area contributed by atoms with Crippen molar-refractivity contribution in [2.75, 3.05) is 19.6 Å². The molecule has 0 saturated heterocycles. The standard InChI is InChI=1S/C21H20F5NO4.C15H21NO4.C14H21NO3/c1-2-3-9-14(10-27(12-28)30-11-13-7-5-4-6-8-13)21(29)31-20-18(25)16(23)15(22)17(24)19(20)26;1-2-3-9-14(15(18)19)10-16(12-17)20-11-13-7-5-4-6-8-13;1-2-3-9-13(14(16)17)10-15-18-11-12-7-5-4-6-8-12/h4-8,12,14H,2-3,9-11H2,1H3;4-8,12,14H,2-3,9-11H2,1H3,(H,18,19);4-8,13,15H,2-3,9-11H2,1H3,(H,16,17)/t2*14-;13-/m111/s1. The van der Waals surface area contributed by atoms with E-state index in [0.29, 0.717) is 51.7 Å². The van der Waals surface area contributed by atoms with Crippen molar-refractivity contribution in [2.45, 2.75) is 98.4 Å². The van der Waals surface area contributed by atoms with E-state index in [1.54, 1.807) is 30.3 Å². The Morgan fingerprint density at radius 1 is 0.551 bits per heavy atom. The number of benzene rings is 4. The number of rotatable bonds is 30. The second-order valence-corrected chi connectivity index (χ2v) is 15.6. The third-order valence-electron chi connectivity index (χ3n) is 10.2. The van der Waals surface area contributed by atoms with Crippen molar-refractivity contribution in [2.24, 2.45) is 17.8 Å². The fraction of sp³-hybridized carbons (Fsp3) is 0.420. The van der Waals surface area contributed by atoms with Crippen LogP contribution in [-0.4, -0.2) is 70.7 Å². The average molecular weight is 976 g/mol. The Bertz CT molecular complexity index is 2080. The Kier molecular flexibility index (Phi) is 29.1. The molecule has 0 aliphatic rings. The van der Waals surface area contributed by atoms with Gasteiger partial charge in [0.1, 0.15) is 13.2 Å². The lowest BCUT2D eigenvalue weighted by Gasteiger charge is -2.23. The summed E-state index contributed by atoms with van der Waals surface area (Å²) in [6.45, 7) is 6.65. The molecule has 14 nitrogen and oxygen atoms in total. The molecule has 3 N–H and O–H groups in total. The molecular formula is C50H62F5N3O11. The Hall–Kier alpha value is -6.28. The fourth-order valence-corrected chi connectivity index (χ4v) is 6.12. The summed E-state index contributed by atoms with van der Waals surface area (Å²) in [6, 6.07) is 28.0. The lowest BCUT2D eigenvalue weighted by molar-refractivity contribution is -0.184. The molecule has 4 rings (SSSR count). The maximum atomic E-state index is 13.8. The molecule has 0 radical (unpaired) electrons. The van der Waals surface area contributed by atoms with Gasteiger partial charge in [0.2, 0.25) is 47.7 Å². The molecule has 0 heterocycles. The SMILES string of the molecule is CCCC[C@H](CN(C=O)OCc1ccccc1)C(=O)O.CCCC[C@H](CN(C=O)OCc1ccccc1)C(=O)Oc1c(F)c(F)c(F)c(F)c1F.CCCC[C@H](CNOCc1ccccc1)C(=O)O. The van der Waals surface area contributed by atoms with Gasteiger partial charge in [0.05, 0.1) is 37.5 Å². The first-order chi connectivity index (χ1) is 33.2. The fourth-order valence-electron chi connectivity index (χ4n) is 6.12. The molecule has 2 amide bonds. The minimum Gasteiger partial charge on any atom is -0.481 e. The predicted octanol–water partition coefficient (Wildman–Crippen LogP) is 9.75. The normalized spacial score (nSPS) is 11.9. The smallest absolute Gasteiger partial charge is 0.316 e. The van der Waals surface area contributed by atoms with Crippen LogP contribution in [0.15, 0.2) is 91.0 Å². The van der Waals surface area contributed by atoms with Crippen LogP contribution in [0.5, 0.6) is 5.75 Å². The summed E-state index contributed by atoms with van der Waals surface area (Å²) in [4.78, 5) is 72.8. The van der Waals surface area contributed by atoms with E-state index in [1.807, 2.05) is 74.5 Å². The summed E-state index contributed by atoms with van der Waals surface area (Å²) in [5, 5.41) is 20.0. The lowest BCUT2D eigenvalue weighted by Crippen LogP contribution is -2.35. The van der Waals surface area contributed by atoms with Crippen molar-refractivity contribution < 1.29 is 75.4 Å². The molecular weight excluding hydrogens is 914 g/mol. The molecule has 0 aliphatic carbocycles. The largest absolute Gasteiger partial charge is 0.481 e. The number of unbranched alkanes of at least 4 members (excludes halogenated alkanes) is 3. The first-order valence-electron chi connectivity index (χ1n) is 22.6. The minimum absolute atomic E-state index is 0.00671. The number of nitrogens with one attached hydrogen (secondary N) is 1. The van der Waals surface area contributed by atoms with Crippen molar-refractivity contribution in [3.63, 3.8) is 0 Å². The Labute approximate surface area is 399 Å². The van der Waals surface area contributed by atoms with E-state index in [-0.39, 0.29) is 38.6 Å². The van der Waals surface area contributed by atoms with Gasteiger partial charge in [-0.1, -0.05) is 150 Å². The van der Waals surface area contributed by atoms with Crippen molar-refractivity contribution in [1.29, 1.82) is 0 Å². The van der Waals surface area contributed by atoms with Gasteiger partial charge < -0.3 is 14.9 Å². The summed E-state index contributed by atoms with van der Waals surface area (Å²) in [5.74, 6) is -18.0. The van der Waals surface area contributed by atoms with Crippen molar-refractivity contribution >= 4 is 30.7 Å². The maximum Gasteiger partial charge on any atom is 0.316 e. The van der Waals surface area contributed by atoms with Crippen LogP contribution in [-0.2, 0) is 58.3 Å². The van der Waals surface area contributed by atoms with E-state index in [1.165, 1.54) is 0 Å². The van der Waals surface area contributed by atoms with Gasteiger partial charge in [-0.05, 0) is 36.0 Å². The van der Waals surface area contributed by atoms with Crippen molar-refractivity contribution in [3.8, 4) is 5.75 Å². The highest BCUT2D eigenvalue weighted by atomic mass is 19.2. The zero-order valence-electron chi connectivity index (χ0n) is 39.0. The molecule has 19 heteroatoms. The van der Waals surface area contributed by atoms with E-state index in [9.17, 15) is 45.9 Å². The molecule has 0 fully saturated rings. The van der Waals surface area contributed by atoms with E-state index in [0.717, 1.165) is 52.5 Å². The van der Waals surface area contributed by atoms with Gasteiger partial charge in [-0.15, -0.1) is 0 Å². The lowest BCUT2D eigenvalue weighted by atomic mass is 10.0. The number of carboxylic acids is 2. The topological polar surface area (TPSA) is 181 Å². The summed E-state index contributed by atoms with van der Waals surface area (Å²) in [5.41, 5.74) is 5.47. The maximum absolute atomic E-state index is 13.8. The quantitative estimate of drug-likeness (QED) is 0.00659. The van der Waals surface area contributed by atoms with Gasteiger partial charge in [0, 0.05) is 6.54 Å². The number of halogens is 5. The van der Waals surface area contributed by atoms with Crippen molar-refractivity contribution in [3.05, 3.63) is 137 Å². The molecule has 378 valence electrons. The molecule has 4 aromatic rings. The molecule has 0 aromatic heterocycles. The highest BCUT2D eigenvalue weighted by Gasteiger charge is 2.31. The average Bonchev–Trinajstić information content (AvgIpc) is 3.36. The van der Waals surface area contributed by atoms with Gasteiger partial charge in [-0.2, -0.15) is 8.78 Å². The Morgan fingerprint density at radius 3 is 1.30 bits per heavy atom. The van der Waals surface area contributed by atoms with Crippen molar-refractivity contribution in [1.82, 2.24) is 15.6 Å². The molecule has 3 atom stereocenters. The number of esters is 1. The Morgan fingerprint density at radius 2 is 0.913 bits per heavy atom. The number of hydroxylamine groups is 5. The van der Waals surface area contributed by atoms with Gasteiger partial charge in [-0.25, -0.2) is 28.8 Å². The van der Waals surface area contributed by atoms with Crippen LogP contribution in [0.25, 0.3) is 0 Å². The van der Waals surface area contributed by atoms with Crippen LogP contribution >= 0.6 is 0 Å². The van der Waals surface area contributed by atoms with E-state index < -0.39 is 64.6 Å². The van der Waals surface area contributed by atoms with E-state index in [4.69, 9.17) is 24.7 Å². The zero-order valence-corrected chi connectivity index (χ0v) is 39.0. The van der Waals surface area contributed by atoms with E-state index in [2.05, 4.69) is 17.1 Å². The number of carboxylic acid groups (broad SMARTS) is 2. The van der Waals surface area contributed by atoms with Crippen LogP contribution in [0.1, 0.15) is 95.2 Å². The molecule has 0 spiro atoms. The zero-order chi connectivity index (χ0) is 51.0. The number of hydrogen-bond acceptors (Lipinski definition) is 10. The van der Waals surface area contributed by atoms with Gasteiger partial charge in [-0.3, -0.25) is 38.5 Å². The number of amides is 2. The van der Waals surface area contributed by atoms with Gasteiger partial charge >= 0.3 is 17.9 Å². The number of hydrogen-bond donors (Lipinski definition) is 3. The molecule has 69 heavy (non-hydrogen) atoms. The number of ether oxygens (including phenoxy) is 1. The Balaban J connectivity index is 0.000000374. The molecule has 0 unspecified atom stereocenters. The first-order valence-corrected chi connectivity index (χ1v) is 22.6. The highest BCUT2D eigenvalue weighted by molar-refractivity contribution is 5.76. The minimum atomic E-state index is -2.36. The summed E-state index contributed by atoms with van der Waals surface area (Å²) < 4.78 is 72.1. The highest BCUT2D eigenvalue weighted by Crippen LogP contribution is 2.30. The molecule has 0 aliphatic heterocycles. The van der Waals surface area contributed by atoms with Crippen LogP contribution in [0.3, 0.4) is 0 Å². The van der Waals surface area contributed by atoms with Crippen LogP contribution in [0.4, 0.5) is 22.0 Å². The summed E-state index contributed by atoms with van der Waals surface area (Å²) in [6.07, 6.45) is 7.01. The molecule has 4 aromatic carbocycles. The second kappa shape index (κ2) is 34.1. The van der Waals surface area contributed by atoms with Crippen LogP contribution in [0, 0.1) is 46.8 Å². The molecule has 0 bridgehead atoms. The monoisotopic (exact) mass is 975 g/mol.